The SMILES string of the molecule is CP(C)C.CP(C)C.CP(C)C.CP(C)C.[C+]#Cc1cc(OCC(=[OH+])[OH2+])c(C#[C-])cc1OCC(=O)O.[C]#Cc1ccccc1.[C]#Cc1ccccc1.[Na+].[Na+].[Pt].[Pt]. The van der Waals surface area contributed by atoms with Crippen LogP contribution in [0, 0.1) is 49.4 Å². The van der Waals surface area contributed by atoms with Gasteiger partial charge >= 0.3 is 173 Å². The van der Waals surface area contributed by atoms with Crippen LogP contribution in [0.1, 0.15) is 22.3 Å². The molecule has 298 valence electrons. The summed E-state index contributed by atoms with van der Waals surface area (Å²) in [5, 5.41) is 15.4. The molecule has 0 spiro atoms. The molecule has 0 aliphatic rings. The van der Waals surface area contributed by atoms with Crippen molar-refractivity contribution in [3.63, 3.8) is 0 Å². The first-order chi connectivity index (χ1) is 24.3. The van der Waals surface area contributed by atoms with Gasteiger partial charge in [-0.05, 0) is 117 Å². The van der Waals surface area contributed by atoms with Crippen LogP contribution in [-0.4, -0.2) is 120 Å². The van der Waals surface area contributed by atoms with Gasteiger partial charge in [0, 0.05) is 53.3 Å². The third kappa shape index (κ3) is 60.4. The van der Waals surface area contributed by atoms with Crippen LogP contribution in [0.3, 0.4) is 0 Å². The van der Waals surface area contributed by atoms with Gasteiger partial charge in [-0.2, -0.15) is 0 Å². The Morgan fingerprint density at radius 1 is 0.696 bits per heavy atom. The number of hydrogen-bond donors (Lipinski definition) is 1. The monoisotopic (exact) mass is 1220 g/mol. The molecular formula is C42H56Na2O6P4Pt2+4. The van der Waals surface area contributed by atoms with Crippen LogP contribution < -0.4 is 68.6 Å². The predicted octanol–water partition coefficient (Wildman–Crippen LogP) is 2.31. The number of ether oxygens (including phenoxy) is 2. The summed E-state index contributed by atoms with van der Waals surface area (Å²) in [6.07, 6.45) is 27.6. The standard InChI is InChI=1S/C14H8O6.2C8H5.4C3H9P.2Na.2Pt/c1-3-9-5-12(20-8-14(17)18)10(4-2)6-11(9)19-7-13(15)16;2*1-2-8-6-4-3-5-7-8;4*1-4(2)3;;;;/h5-6H,7-8H2,(H,15,16)(H,17,18);2*3-7H;4*1-3H3;;;;/q;;;;;;;2*+1;;/p+2. The molecule has 0 heterocycles. The van der Waals surface area contributed by atoms with Crippen LogP contribution in [0.25, 0.3) is 0 Å². The van der Waals surface area contributed by atoms with Gasteiger partial charge in [-0.1, -0.05) is 48.2 Å². The molecule has 0 fully saturated rings. The zero-order chi connectivity index (χ0) is 41.1. The molecule has 6 nitrogen and oxygen atoms in total. The zero-order valence-electron chi connectivity index (χ0n) is 35.4. The Morgan fingerprint density at radius 2 is 0.982 bits per heavy atom. The molecule has 0 aromatic heterocycles. The third-order valence-corrected chi connectivity index (χ3v) is 3.90. The minimum Gasteiger partial charge on any atom is -0.0622 e. The molecule has 0 unspecified atom stereocenters. The Labute approximate surface area is 418 Å². The summed E-state index contributed by atoms with van der Waals surface area (Å²) in [7, 11) is 1.52. The molecule has 0 bridgehead atoms. The van der Waals surface area contributed by atoms with Crippen molar-refractivity contribution in [1.82, 2.24) is 0 Å². The first-order valence-corrected chi connectivity index (χ1v) is 26.2. The summed E-state index contributed by atoms with van der Waals surface area (Å²) >= 11 is 0. The van der Waals surface area contributed by atoms with Crippen LogP contribution in [0.5, 0.6) is 11.5 Å². The van der Waals surface area contributed by atoms with Gasteiger partial charge in [0.1, 0.15) is 0 Å². The molecule has 3 aromatic carbocycles. The minimum absolute atomic E-state index is 0. The van der Waals surface area contributed by atoms with Gasteiger partial charge in [0.15, 0.2) is 0 Å². The maximum atomic E-state index is 10.5. The van der Waals surface area contributed by atoms with Gasteiger partial charge < -0.3 is 0 Å². The van der Waals surface area contributed by atoms with Crippen molar-refractivity contribution in [2.75, 3.05) is 93.2 Å². The Bertz CT molecular complexity index is 1410. The van der Waals surface area contributed by atoms with Crippen molar-refractivity contribution in [2.45, 2.75) is 0 Å². The number of carboxylic acids is 1. The maximum Gasteiger partial charge on any atom is 1.00 e. The van der Waals surface area contributed by atoms with Gasteiger partial charge in [0.25, 0.3) is 0 Å². The van der Waals surface area contributed by atoms with E-state index in [9.17, 15) is 4.79 Å². The van der Waals surface area contributed by atoms with Crippen molar-refractivity contribution in [3.05, 3.63) is 121 Å². The number of carbonyl (C=O) groups is 1. The minimum atomic E-state index is -1.18. The van der Waals surface area contributed by atoms with Crippen LogP contribution in [0.2, 0.25) is 0 Å². The predicted molar refractivity (Wildman–Crippen MR) is 232 cm³/mol. The van der Waals surface area contributed by atoms with E-state index < -0.39 is 25.2 Å². The third-order valence-electron chi connectivity index (χ3n) is 3.90. The van der Waals surface area contributed by atoms with Crippen molar-refractivity contribution in [3.8, 4) is 35.2 Å². The van der Waals surface area contributed by atoms with Crippen LogP contribution in [-0.2, 0) is 46.9 Å². The van der Waals surface area contributed by atoms with E-state index in [1.807, 2.05) is 66.6 Å². The molecule has 0 saturated carbocycles. The second-order valence-corrected chi connectivity index (χ2v) is 22.6. The fourth-order valence-corrected chi connectivity index (χ4v) is 2.32. The second-order valence-electron chi connectivity index (χ2n) is 11.9. The van der Waals surface area contributed by atoms with Gasteiger partial charge in [-0.25, -0.2) is 0 Å². The summed E-state index contributed by atoms with van der Waals surface area (Å²) in [6.45, 7) is 25.8. The van der Waals surface area contributed by atoms with Crippen molar-refractivity contribution < 1.29 is 131 Å². The van der Waals surface area contributed by atoms with E-state index >= 15 is 0 Å². The molecule has 4 N–H and O–H groups in total. The number of benzene rings is 3. The molecular weight excluding hydrogens is 1160 g/mol. The van der Waals surface area contributed by atoms with Gasteiger partial charge in [-0.3, -0.25) is 0 Å². The molecule has 14 heteroatoms. The van der Waals surface area contributed by atoms with E-state index in [0.29, 0.717) is 31.7 Å². The Hall–Kier alpha value is -0.243. The second kappa shape index (κ2) is 50.9. The largest absolute Gasteiger partial charge is 1.00 e. The van der Waals surface area contributed by atoms with E-state index in [-0.39, 0.29) is 124 Å². The molecule has 3 aromatic rings. The number of carboxylic acid groups (broad SMARTS) is 1. The summed E-state index contributed by atoms with van der Waals surface area (Å²) in [5.74, 6) is 6.91. The Morgan fingerprint density at radius 3 is 1.21 bits per heavy atom. The normalized spacial score (nSPS) is 8.12. The number of aliphatic carboxylic acids is 1. The number of rotatable bonds is 6. The molecule has 3 rings (SSSR count). The Balaban J connectivity index is -0.0000000896. The first kappa shape index (κ1) is 73.3. The molecule has 0 aliphatic heterocycles. The average Bonchev–Trinajstić information content (AvgIpc) is 3.06. The van der Waals surface area contributed by atoms with Crippen molar-refractivity contribution in [2.24, 2.45) is 0 Å². The first-order valence-electron chi connectivity index (χ1n) is 15.4. The van der Waals surface area contributed by atoms with Gasteiger partial charge in [-0.15, -0.1) is 31.7 Å². The van der Waals surface area contributed by atoms with E-state index in [2.05, 4.69) is 97.7 Å². The molecule has 0 atom stereocenters. The van der Waals surface area contributed by atoms with Crippen molar-refractivity contribution >= 4 is 43.6 Å². The average molecular weight is 1220 g/mol. The number of hydrogen-bond acceptors (Lipinski definition) is 3. The summed E-state index contributed by atoms with van der Waals surface area (Å²) in [5.41, 5.74) is 1.90. The van der Waals surface area contributed by atoms with Crippen LogP contribution >= 0.6 is 31.7 Å². The number of carbonyl (C=O) groups excluding carboxylic acids is 1. The topological polar surface area (TPSA) is 100 Å². The van der Waals surface area contributed by atoms with Crippen LogP contribution in [0.15, 0.2) is 72.8 Å². The Kier molecular flexibility index (Phi) is 66.6. The molecule has 2 radical (unpaired) electrons. The maximum absolute atomic E-state index is 10.5. The summed E-state index contributed by atoms with van der Waals surface area (Å²) in [6, 6.07) is 21.3. The zero-order valence-corrected chi connectivity index (χ0v) is 47.5. The fourth-order valence-electron chi connectivity index (χ4n) is 2.32. The van der Waals surface area contributed by atoms with E-state index in [0.717, 1.165) is 11.1 Å². The van der Waals surface area contributed by atoms with Crippen molar-refractivity contribution in [1.29, 1.82) is 0 Å². The van der Waals surface area contributed by atoms with Gasteiger partial charge in [0.2, 0.25) is 0 Å². The molecule has 56 heavy (non-hydrogen) atoms. The molecule has 0 aliphatic carbocycles. The quantitative estimate of drug-likeness (QED) is 0.135. The van der Waals surface area contributed by atoms with E-state index in [1.165, 1.54) is 12.1 Å². The molecule has 0 amide bonds. The molecule has 0 saturated heterocycles. The summed E-state index contributed by atoms with van der Waals surface area (Å²) in [4.78, 5) is 19.2. The summed E-state index contributed by atoms with van der Waals surface area (Å²) < 4.78 is 10.0. The smallest absolute Gasteiger partial charge is 0.0622 e. The van der Waals surface area contributed by atoms with E-state index in [1.54, 1.807) is 0 Å². The van der Waals surface area contributed by atoms with Crippen LogP contribution in [0.4, 0.5) is 0 Å². The van der Waals surface area contributed by atoms with Gasteiger partial charge in [0.05, 0.1) is 0 Å². The fraction of sp³-hybridized carbons (Fsp3) is 0.333. The van der Waals surface area contributed by atoms with E-state index in [4.69, 9.17) is 50.2 Å².